The van der Waals surface area contributed by atoms with Crippen molar-refractivity contribution in [3.63, 3.8) is 0 Å². The molecule has 1 aliphatic rings. The van der Waals surface area contributed by atoms with Gasteiger partial charge in [-0.3, -0.25) is 0 Å². The van der Waals surface area contributed by atoms with Gasteiger partial charge in [0.1, 0.15) is 0 Å². The van der Waals surface area contributed by atoms with Crippen LogP contribution in [0.15, 0.2) is 24.3 Å². The highest BCUT2D eigenvalue weighted by Gasteiger charge is 2.11. The van der Waals surface area contributed by atoms with Crippen LogP contribution in [0.5, 0.6) is 0 Å². The number of nitrogens with two attached hydrogens (primary N) is 1. The molecular weight excluding hydrogens is 146 g/mol. The second-order valence-corrected chi connectivity index (χ2v) is 3.63. The van der Waals surface area contributed by atoms with E-state index in [0.29, 0.717) is 6.04 Å². The molecular formula is C11H15N. The van der Waals surface area contributed by atoms with E-state index in [2.05, 4.69) is 24.3 Å². The van der Waals surface area contributed by atoms with Gasteiger partial charge in [-0.05, 0) is 36.8 Å². The van der Waals surface area contributed by atoms with Crippen LogP contribution in [0.3, 0.4) is 0 Å². The number of rotatable bonds is 0. The van der Waals surface area contributed by atoms with Crippen LogP contribution in [0, 0.1) is 0 Å². The Labute approximate surface area is 73.6 Å². The Morgan fingerprint density at radius 2 is 1.92 bits per heavy atom. The summed E-state index contributed by atoms with van der Waals surface area (Å²) in [7, 11) is 0. The number of benzene rings is 1. The summed E-state index contributed by atoms with van der Waals surface area (Å²) in [6.45, 7) is 0. The van der Waals surface area contributed by atoms with Crippen molar-refractivity contribution < 1.29 is 0 Å². The molecule has 0 unspecified atom stereocenters. The monoisotopic (exact) mass is 161 g/mol. The first-order chi connectivity index (χ1) is 5.86. The lowest BCUT2D eigenvalue weighted by molar-refractivity contribution is 0.603. The molecule has 2 rings (SSSR count). The first-order valence-corrected chi connectivity index (χ1v) is 4.68. The van der Waals surface area contributed by atoms with E-state index >= 15 is 0 Å². The Morgan fingerprint density at radius 3 is 2.75 bits per heavy atom. The van der Waals surface area contributed by atoms with Crippen LogP contribution in [-0.4, -0.2) is 6.04 Å². The van der Waals surface area contributed by atoms with Gasteiger partial charge in [-0.15, -0.1) is 0 Å². The SMILES string of the molecule is N[C@H]1CCCc2ccccc2C1. The van der Waals surface area contributed by atoms with Gasteiger partial charge in [0.15, 0.2) is 0 Å². The van der Waals surface area contributed by atoms with E-state index in [9.17, 15) is 0 Å². The molecule has 0 saturated heterocycles. The van der Waals surface area contributed by atoms with Gasteiger partial charge < -0.3 is 5.73 Å². The van der Waals surface area contributed by atoms with E-state index in [1.807, 2.05) is 0 Å². The third-order valence-electron chi connectivity index (χ3n) is 2.62. The molecule has 64 valence electrons. The summed E-state index contributed by atoms with van der Waals surface area (Å²) in [6, 6.07) is 9.05. The number of aryl methyl sites for hydroxylation is 1. The molecule has 0 saturated carbocycles. The van der Waals surface area contributed by atoms with Gasteiger partial charge >= 0.3 is 0 Å². The molecule has 0 radical (unpaired) electrons. The molecule has 1 nitrogen and oxygen atoms in total. The minimum Gasteiger partial charge on any atom is -0.327 e. The Morgan fingerprint density at radius 1 is 1.17 bits per heavy atom. The second-order valence-electron chi connectivity index (χ2n) is 3.63. The molecule has 0 aromatic heterocycles. The van der Waals surface area contributed by atoms with Crippen LogP contribution in [0.25, 0.3) is 0 Å². The standard InChI is InChI=1S/C11H15N/c12-11-7-3-6-9-4-1-2-5-10(9)8-11/h1-2,4-5,11H,3,6-8,12H2/t11-/m0/s1. The average Bonchev–Trinajstić information content (AvgIpc) is 2.25. The van der Waals surface area contributed by atoms with Crippen molar-refractivity contribution in [3.8, 4) is 0 Å². The number of fused-ring (bicyclic) bond motifs is 1. The lowest BCUT2D eigenvalue weighted by Gasteiger charge is -2.07. The normalized spacial score (nSPS) is 22.9. The molecule has 1 heteroatoms. The fourth-order valence-electron chi connectivity index (χ4n) is 1.94. The topological polar surface area (TPSA) is 26.0 Å². The minimum absolute atomic E-state index is 0.383. The van der Waals surface area contributed by atoms with Gasteiger partial charge in [0, 0.05) is 6.04 Å². The van der Waals surface area contributed by atoms with Crippen molar-refractivity contribution >= 4 is 0 Å². The van der Waals surface area contributed by atoms with E-state index < -0.39 is 0 Å². The lowest BCUT2D eigenvalue weighted by atomic mass is 10.0. The van der Waals surface area contributed by atoms with Crippen molar-refractivity contribution in [1.29, 1.82) is 0 Å². The second kappa shape index (κ2) is 3.28. The zero-order valence-corrected chi connectivity index (χ0v) is 7.29. The van der Waals surface area contributed by atoms with Crippen molar-refractivity contribution in [3.05, 3.63) is 35.4 Å². The summed E-state index contributed by atoms with van der Waals surface area (Å²) in [5.74, 6) is 0. The van der Waals surface area contributed by atoms with Gasteiger partial charge in [-0.25, -0.2) is 0 Å². The molecule has 1 aromatic carbocycles. The van der Waals surface area contributed by atoms with E-state index in [1.54, 1.807) is 0 Å². The van der Waals surface area contributed by atoms with Crippen molar-refractivity contribution in [2.75, 3.05) is 0 Å². The third-order valence-corrected chi connectivity index (χ3v) is 2.62. The molecule has 1 aliphatic carbocycles. The molecule has 0 fully saturated rings. The predicted molar refractivity (Wildman–Crippen MR) is 51.1 cm³/mol. The van der Waals surface area contributed by atoms with Crippen LogP contribution in [0.4, 0.5) is 0 Å². The van der Waals surface area contributed by atoms with Crippen molar-refractivity contribution in [2.24, 2.45) is 5.73 Å². The summed E-state index contributed by atoms with van der Waals surface area (Å²) in [5, 5.41) is 0. The molecule has 12 heavy (non-hydrogen) atoms. The molecule has 0 aliphatic heterocycles. The summed E-state index contributed by atoms with van der Waals surface area (Å²) in [5.41, 5.74) is 8.92. The van der Waals surface area contributed by atoms with Crippen LogP contribution >= 0.6 is 0 Å². The summed E-state index contributed by atoms with van der Waals surface area (Å²) >= 11 is 0. The smallest absolute Gasteiger partial charge is 0.00795 e. The van der Waals surface area contributed by atoms with Gasteiger partial charge in [0.05, 0.1) is 0 Å². The van der Waals surface area contributed by atoms with Crippen LogP contribution < -0.4 is 5.73 Å². The maximum Gasteiger partial charge on any atom is 0.00795 e. The molecule has 1 atom stereocenters. The van der Waals surface area contributed by atoms with Crippen LogP contribution in [-0.2, 0) is 12.8 Å². The van der Waals surface area contributed by atoms with E-state index in [0.717, 1.165) is 6.42 Å². The zero-order chi connectivity index (χ0) is 8.39. The zero-order valence-electron chi connectivity index (χ0n) is 7.29. The van der Waals surface area contributed by atoms with Gasteiger partial charge in [0.25, 0.3) is 0 Å². The molecule has 0 spiro atoms. The Hall–Kier alpha value is -0.820. The highest BCUT2D eigenvalue weighted by Crippen LogP contribution is 2.19. The Bertz CT molecular complexity index is 267. The van der Waals surface area contributed by atoms with Crippen LogP contribution in [0.1, 0.15) is 24.0 Å². The molecule has 0 heterocycles. The molecule has 0 bridgehead atoms. The largest absolute Gasteiger partial charge is 0.327 e. The Balaban J connectivity index is 2.31. The first kappa shape index (κ1) is 7.81. The minimum atomic E-state index is 0.383. The van der Waals surface area contributed by atoms with Crippen molar-refractivity contribution in [1.82, 2.24) is 0 Å². The summed E-state index contributed by atoms with van der Waals surface area (Å²) in [4.78, 5) is 0. The van der Waals surface area contributed by atoms with E-state index in [-0.39, 0.29) is 0 Å². The highest BCUT2D eigenvalue weighted by atomic mass is 14.6. The Kier molecular flexibility index (Phi) is 2.13. The number of hydrogen-bond donors (Lipinski definition) is 1. The molecule has 0 amide bonds. The van der Waals surface area contributed by atoms with Gasteiger partial charge in [-0.2, -0.15) is 0 Å². The predicted octanol–water partition coefficient (Wildman–Crippen LogP) is 1.89. The maximum atomic E-state index is 5.95. The quantitative estimate of drug-likeness (QED) is 0.578. The van der Waals surface area contributed by atoms with Gasteiger partial charge in [0.2, 0.25) is 0 Å². The van der Waals surface area contributed by atoms with E-state index in [1.165, 1.54) is 30.4 Å². The number of hydrogen-bond acceptors (Lipinski definition) is 1. The fraction of sp³-hybridized carbons (Fsp3) is 0.455. The van der Waals surface area contributed by atoms with E-state index in [4.69, 9.17) is 5.73 Å². The first-order valence-electron chi connectivity index (χ1n) is 4.68. The fourth-order valence-corrected chi connectivity index (χ4v) is 1.94. The van der Waals surface area contributed by atoms with Crippen LogP contribution in [0.2, 0.25) is 0 Å². The molecule has 2 N–H and O–H groups in total. The molecule has 1 aromatic rings. The van der Waals surface area contributed by atoms with Gasteiger partial charge in [-0.1, -0.05) is 24.3 Å². The third kappa shape index (κ3) is 1.51. The lowest BCUT2D eigenvalue weighted by Crippen LogP contribution is -2.21. The summed E-state index contributed by atoms with van der Waals surface area (Å²) < 4.78 is 0. The van der Waals surface area contributed by atoms with Crippen molar-refractivity contribution in [2.45, 2.75) is 31.7 Å². The summed E-state index contributed by atoms with van der Waals surface area (Å²) in [6.07, 6.45) is 4.70. The maximum absolute atomic E-state index is 5.95. The highest BCUT2D eigenvalue weighted by molar-refractivity contribution is 5.28. The average molecular weight is 161 g/mol.